The second-order valence-electron chi connectivity index (χ2n) is 4.22. The average Bonchev–Trinajstić information content (AvgIpc) is 2.46. The molecule has 2 aromatic rings. The second kappa shape index (κ2) is 3.75. The third-order valence-electron chi connectivity index (χ3n) is 2.14. The number of nitrogens with zero attached hydrogens (tertiary/aromatic N) is 5. The van der Waals surface area contributed by atoms with Gasteiger partial charge in [0.2, 0.25) is 5.82 Å². The van der Waals surface area contributed by atoms with Gasteiger partial charge >= 0.3 is 0 Å². The van der Waals surface area contributed by atoms with Gasteiger partial charge < -0.3 is 12.4 Å². The number of aryl methyl sites for hydroxylation is 1. The van der Waals surface area contributed by atoms with Crippen LogP contribution in [0.4, 0.5) is 5.82 Å². The van der Waals surface area contributed by atoms with Crippen LogP contribution in [0.3, 0.4) is 0 Å². The van der Waals surface area contributed by atoms with E-state index in [9.17, 15) is 0 Å². The van der Waals surface area contributed by atoms with Crippen molar-refractivity contribution in [2.24, 2.45) is 7.05 Å². The van der Waals surface area contributed by atoms with Gasteiger partial charge in [-0.1, -0.05) is 0 Å². The summed E-state index contributed by atoms with van der Waals surface area (Å²) in [5, 5.41) is 5.19. The number of quaternary nitrogens is 1. The summed E-state index contributed by atoms with van der Waals surface area (Å²) < 4.78 is 2.43. The Morgan fingerprint density at radius 3 is 2.47 bits per heavy atom. The molecule has 0 saturated carbocycles. The summed E-state index contributed by atoms with van der Waals surface area (Å²) in [6.45, 7) is 0. The molecule has 0 saturated heterocycles. The van der Waals surface area contributed by atoms with E-state index in [2.05, 4.69) is 36.2 Å². The number of rotatable bonds is 1. The lowest BCUT2D eigenvalue weighted by molar-refractivity contribution is -0.00000341. The predicted molar refractivity (Wildman–Crippen MR) is 55.9 cm³/mol. The first-order valence-corrected chi connectivity index (χ1v) is 4.45. The first-order valence-electron chi connectivity index (χ1n) is 4.45. The number of aromatic nitrogens is 4. The lowest BCUT2D eigenvalue weighted by Gasteiger charge is -2.21. The van der Waals surface area contributed by atoms with Crippen LogP contribution in [0, 0.1) is 0 Å². The molecule has 5 nitrogen and oxygen atoms in total. The van der Waals surface area contributed by atoms with Gasteiger partial charge in [0.25, 0.3) is 0 Å². The Morgan fingerprint density at radius 2 is 1.87 bits per heavy atom. The molecule has 0 aliphatic rings. The largest absolute Gasteiger partial charge is 1.00 e. The second-order valence-corrected chi connectivity index (χ2v) is 4.22. The monoisotopic (exact) mass is 227 g/mol. The van der Waals surface area contributed by atoms with Gasteiger partial charge in [-0.2, -0.15) is 10.1 Å². The fraction of sp³-hybridized carbons (Fsp3) is 0.444. The summed E-state index contributed by atoms with van der Waals surface area (Å²) in [7, 11) is 8.12. The summed E-state index contributed by atoms with van der Waals surface area (Å²) in [5.41, 5.74) is 0.878. The number of hydrogen-bond donors (Lipinski definition) is 0. The summed E-state index contributed by atoms with van der Waals surface area (Å²) in [5.74, 6) is 0.989. The van der Waals surface area contributed by atoms with E-state index in [-0.39, 0.29) is 12.4 Å². The normalized spacial score (nSPS) is 11.5. The molecule has 0 radical (unpaired) electrons. The smallest absolute Gasteiger partial charge is 0.241 e. The van der Waals surface area contributed by atoms with E-state index in [1.54, 1.807) is 11.0 Å². The summed E-state index contributed by atoms with van der Waals surface area (Å²) in [4.78, 5) is 8.49. The fourth-order valence-electron chi connectivity index (χ4n) is 1.48. The van der Waals surface area contributed by atoms with Gasteiger partial charge in [-0.25, -0.2) is 4.98 Å². The lowest BCUT2D eigenvalue weighted by atomic mass is 10.3. The molecule has 82 valence electrons. The maximum absolute atomic E-state index is 4.30. The molecule has 6 heteroatoms. The fourth-order valence-corrected chi connectivity index (χ4v) is 1.48. The van der Waals surface area contributed by atoms with Crippen molar-refractivity contribution in [1.82, 2.24) is 24.2 Å². The Labute approximate surface area is 94.7 Å². The Morgan fingerprint density at radius 1 is 1.20 bits per heavy atom. The van der Waals surface area contributed by atoms with E-state index in [4.69, 9.17) is 0 Å². The minimum atomic E-state index is 0. The highest BCUT2D eigenvalue weighted by Gasteiger charge is 2.20. The lowest BCUT2D eigenvalue weighted by Crippen LogP contribution is -3.00. The number of hydrogen-bond acceptors (Lipinski definition) is 3. The third kappa shape index (κ3) is 1.93. The van der Waals surface area contributed by atoms with Crippen molar-refractivity contribution in [2.45, 2.75) is 0 Å². The van der Waals surface area contributed by atoms with Crippen molar-refractivity contribution in [3.8, 4) is 0 Å². The van der Waals surface area contributed by atoms with Gasteiger partial charge in [-0.15, -0.1) is 0 Å². The Bertz CT molecular complexity index is 471. The van der Waals surface area contributed by atoms with Crippen LogP contribution in [0.5, 0.6) is 0 Å². The average molecular weight is 228 g/mol. The summed E-state index contributed by atoms with van der Waals surface area (Å²) >= 11 is 0. The Hall–Kier alpha value is -1.20. The molecule has 0 unspecified atom stereocenters. The first-order chi connectivity index (χ1) is 6.50. The van der Waals surface area contributed by atoms with Crippen LogP contribution in [0.1, 0.15) is 0 Å². The molecule has 2 heterocycles. The SMILES string of the molecule is Cn1ncc2c([N+](C)(C)C)ncnc21.[Cl-]. The van der Waals surface area contributed by atoms with E-state index in [1.807, 2.05) is 13.2 Å². The van der Waals surface area contributed by atoms with Gasteiger partial charge in [0.05, 0.1) is 27.3 Å². The maximum atomic E-state index is 4.30. The molecule has 0 aliphatic heterocycles. The summed E-state index contributed by atoms with van der Waals surface area (Å²) in [6, 6.07) is 0. The first kappa shape index (κ1) is 11.9. The quantitative estimate of drug-likeness (QED) is 0.509. The zero-order chi connectivity index (χ0) is 10.3. The molecule has 0 amide bonds. The highest BCUT2D eigenvalue weighted by atomic mass is 35.5. The van der Waals surface area contributed by atoms with Crippen LogP contribution in [0.2, 0.25) is 0 Å². The van der Waals surface area contributed by atoms with Crippen molar-refractivity contribution in [3.05, 3.63) is 12.5 Å². The van der Waals surface area contributed by atoms with Gasteiger partial charge in [0.1, 0.15) is 11.7 Å². The van der Waals surface area contributed by atoms with Gasteiger partial charge in [-0.05, 0) is 0 Å². The zero-order valence-corrected chi connectivity index (χ0v) is 10.0. The third-order valence-corrected chi connectivity index (χ3v) is 2.14. The number of halogens is 1. The molecule has 0 aliphatic carbocycles. The zero-order valence-electron chi connectivity index (χ0n) is 9.27. The number of fused-ring (bicyclic) bond motifs is 1. The van der Waals surface area contributed by atoms with E-state index in [1.165, 1.54) is 0 Å². The van der Waals surface area contributed by atoms with Crippen molar-refractivity contribution in [2.75, 3.05) is 21.1 Å². The molecule has 0 aromatic carbocycles. The van der Waals surface area contributed by atoms with Crippen molar-refractivity contribution in [3.63, 3.8) is 0 Å². The van der Waals surface area contributed by atoms with Crippen LogP contribution >= 0.6 is 0 Å². The Kier molecular flexibility index (Phi) is 2.97. The van der Waals surface area contributed by atoms with Crippen LogP contribution in [0.15, 0.2) is 12.5 Å². The summed E-state index contributed by atoms with van der Waals surface area (Å²) in [6.07, 6.45) is 3.40. The highest BCUT2D eigenvalue weighted by molar-refractivity contribution is 5.85. The topological polar surface area (TPSA) is 43.6 Å². The maximum Gasteiger partial charge on any atom is 0.241 e. The molecule has 0 atom stereocenters. The van der Waals surface area contributed by atoms with Crippen molar-refractivity contribution in [1.29, 1.82) is 0 Å². The van der Waals surface area contributed by atoms with E-state index in [0.29, 0.717) is 4.48 Å². The van der Waals surface area contributed by atoms with Crippen molar-refractivity contribution < 1.29 is 12.4 Å². The van der Waals surface area contributed by atoms with Gasteiger partial charge in [0, 0.05) is 7.05 Å². The highest BCUT2D eigenvalue weighted by Crippen LogP contribution is 2.23. The molecular formula is C9H14ClN5. The minimum Gasteiger partial charge on any atom is -1.00 e. The van der Waals surface area contributed by atoms with Crippen molar-refractivity contribution >= 4 is 16.9 Å². The van der Waals surface area contributed by atoms with E-state index < -0.39 is 0 Å². The molecule has 0 bridgehead atoms. The molecule has 0 fully saturated rings. The van der Waals surface area contributed by atoms with Crippen LogP contribution in [-0.2, 0) is 7.05 Å². The van der Waals surface area contributed by atoms with E-state index in [0.717, 1.165) is 16.9 Å². The van der Waals surface area contributed by atoms with Gasteiger partial charge in [0.15, 0.2) is 5.65 Å². The molecule has 2 aromatic heterocycles. The van der Waals surface area contributed by atoms with Crippen LogP contribution in [-0.4, -0.2) is 40.9 Å². The van der Waals surface area contributed by atoms with Gasteiger partial charge in [-0.3, -0.25) is 9.16 Å². The predicted octanol–water partition coefficient (Wildman–Crippen LogP) is -2.44. The van der Waals surface area contributed by atoms with E-state index >= 15 is 0 Å². The minimum absolute atomic E-state index is 0. The molecular weight excluding hydrogens is 214 g/mol. The molecule has 0 N–H and O–H groups in total. The molecule has 15 heavy (non-hydrogen) atoms. The van der Waals surface area contributed by atoms with Crippen LogP contribution in [0.25, 0.3) is 11.0 Å². The molecule has 2 rings (SSSR count). The van der Waals surface area contributed by atoms with Crippen LogP contribution < -0.4 is 16.9 Å². The Balaban J connectivity index is 0.00000112. The molecule has 0 spiro atoms. The standard InChI is InChI=1S/C9H14N5.ClH/c1-13-8-7(5-12-13)9(11-6-10-8)14(2,3)4;/h5-6H,1-4H3;1H/q+1;/p-1.